The number of aliphatic imine (C=N–C) groups is 1. The number of hydrogen-bond donors (Lipinski definition) is 1. The van der Waals surface area contributed by atoms with Gasteiger partial charge in [-0.05, 0) is 58.2 Å². The number of nitrogens with one attached hydrogen (secondary N) is 1. The zero-order valence-corrected chi connectivity index (χ0v) is 17.9. The van der Waals surface area contributed by atoms with Gasteiger partial charge in [0, 0.05) is 17.5 Å². The van der Waals surface area contributed by atoms with E-state index in [-0.39, 0.29) is 6.54 Å². The van der Waals surface area contributed by atoms with Crippen LogP contribution in [0.15, 0.2) is 35.6 Å². The van der Waals surface area contributed by atoms with E-state index in [1.807, 2.05) is 38.2 Å². The topological polar surface area (TPSA) is 67.5 Å². The Hall–Kier alpha value is -2.90. The van der Waals surface area contributed by atoms with Crippen molar-refractivity contribution in [1.82, 2.24) is 19.6 Å². The Morgan fingerprint density at radius 3 is 2.77 bits per heavy atom. The molecule has 0 aromatic carbocycles. The molecule has 0 aliphatic heterocycles. The van der Waals surface area contributed by atoms with Gasteiger partial charge in [0.15, 0.2) is 0 Å². The van der Waals surface area contributed by atoms with Crippen LogP contribution in [0.4, 0.5) is 20.4 Å². The minimum Gasteiger partial charge on any atom is -0.350 e. The average molecular weight is 415 g/mol. The van der Waals surface area contributed by atoms with Crippen molar-refractivity contribution in [2.45, 2.75) is 52.6 Å². The van der Waals surface area contributed by atoms with Crippen molar-refractivity contribution in [2.24, 2.45) is 4.99 Å². The minimum atomic E-state index is -1.36. The molecule has 3 aromatic heterocycles. The van der Waals surface area contributed by atoms with E-state index < -0.39 is 12.3 Å². The molecule has 6 nitrogen and oxygen atoms in total. The van der Waals surface area contributed by atoms with E-state index in [0.717, 1.165) is 40.3 Å². The largest absolute Gasteiger partial charge is 0.350 e. The van der Waals surface area contributed by atoms with E-state index in [0.29, 0.717) is 18.8 Å². The molecular formula is C22H28F2N6. The predicted molar refractivity (Wildman–Crippen MR) is 117 cm³/mol. The summed E-state index contributed by atoms with van der Waals surface area (Å²) in [6.45, 7) is 6.73. The molecule has 0 aliphatic carbocycles. The number of alkyl halides is 2. The van der Waals surface area contributed by atoms with Crippen LogP contribution in [-0.2, 0) is 6.42 Å². The number of aryl methyl sites for hydroxylation is 1. The first kappa shape index (κ1) is 21.8. The van der Waals surface area contributed by atoms with Crippen molar-refractivity contribution in [3.05, 3.63) is 36.3 Å². The van der Waals surface area contributed by atoms with Gasteiger partial charge in [0.25, 0.3) is 0 Å². The summed E-state index contributed by atoms with van der Waals surface area (Å²) in [4.78, 5) is 13.7. The highest BCUT2D eigenvalue weighted by Gasteiger charge is 2.16. The smallest absolute Gasteiger partial charge is 0.241 e. The Labute approximate surface area is 175 Å². The van der Waals surface area contributed by atoms with Crippen LogP contribution < -0.4 is 5.32 Å². The van der Waals surface area contributed by atoms with Crippen LogP contribution in [0.3, 0.4) is 0 Å². The summed E-state index contributed by atoms with van der Waals surface area (Å²) in [5, 5.41) is 7.30. The Morgan fingerprint density at radius 1 is 1.27 bits per heavy atom. The molecule has 0 unspecified atom stereocenters. The Balaban J connectivity index is 1.94. The highest BCUT2D eigenvalue weighted by molar-refractivity contribution is 5.85. The lowest BCUT2D eigenvalue weighted by molar-refractivity contribution is 0.234. The lowest BCUT2D eigenvalue weighted by Crippen LogP contribution is -2.25. The molecule has 0 spiro atoms. The van der Waals surface area contributed by atoms with E-state index in [2.05, 4.69) is 20.4 Å². The Kier molecular flexibility index (Phi) is 6.74. The number of hydrogen-bond acceptors (Lipinski definition) is 5. The number of pyridine rings is 1. The molecule has 3 heterocycles. The van der Waals surface area contributed by atoms with Gasteiger partial charge in [-0.2, -0.15) is 0 Å². The lowest BCUT2D eigenvalue weighted by Gasteiger charge is -2.14. The van der Waals surface area contributed by atoms with Gasteiger partial charge in [-0.15, -0.1) is 5.10 Å². The van der Waals surface area contributed by atoms with E-state index in [4.69, 9.17) is 4.98 Å². The summed E-state index contributed by atoms with van der Waals surface area (Å²) in [7, 11) is 0. The van der Waals surface area contributed by atoms with E-state index >= 15 is 0 Å². The van der Waals surface area contributed by atoms with Crippen LogP contribution in [0.2, 0.25) is 0 Å². The summed E-state index contributed by atoms with van der Waals surface area (Å²) in [6, 6.07) is 5.75. The number of anilines is 1. The second-order valence-corrected chi connectivity index (χ2v) is 7.87. The molecule has 0 atom stereocenters. The first-order valence-electron chi connectivity index (χ1n) is 10.2. The second-order valence-electron chi connectivity index (χ2n) is 7.87. The highest BCUT2D eigenvalue weighted by atomic mass is 19.1. The van der Waals surface area contributed by atoms with Crippen molar-refractivity contribution < 1.29 is 8.78 Å². The Morgan fingerprint density at radius 2 is 2.07 bits per heavy atom. The molecule has 0 amide bonds. The van der Waals surface area contributed by atoms with Crippen LogP contribution >= 0.6 is 0 Å². The Bertz CT molecular complexity index is 1040. The van der Waals surface area contributed by atoms with Gasteiger partial charge in [-0.1, -0.05) is 6.92 Å². The number of rotatable bonds is 9. The van der Waals surface area contributed by atoms with Gasteiger partial charge in [-0.25, -0.2) is 13.9 Å². The molecular weight excluding hydrogens is 386 g/mol. The number of aromatic nitrogens is 4. The highest BCUT2D eigenvalue weighted by Crippen LogP contribution is 2.28. The van der Waals surface area contributed by atoms with Gasteiger partial charge in [0.05, 0.1) is 42.0 Å². The normalized spacial score (nSPS) is 12.5. The van der Waals surface area contributed by atoms with Gasteiger partial charge in [0.1, 0.15) is 5.67 Å². The van der Waals surface area contributed by atoms with Gasteiger partial charge >= 0.3 is 0 Å². The average Bonchev–Trinajstić information content (AvgIpc) is 3.14. The lowest BCUT2D eigenvalue weighted by atomic mass is 10.1. The number of nitrogens with zero attached hydrogens (tertiary/aromatic N) is 5. The molecule has 3 rings (SSSR count). The van der Waals surface area contributed by atoms with Crippen LogP contribution in [0, 0.1) is 0 Å². The van der Waals surface area contributed by atoms with E-state index in [1.54, 1.807) is 10.7 Å². The molecule has 0 radical (unpaired) electrons. The maximum absolute atomic E-state index is 13.7. The van der Waals surface area contributed by atoms with Crippen molar-refractivity contribution in [1.29, 1.82) is 0 Å². The summed E-state index contributed by atoms with van der Waals surface area (Å²) in [5.41, 5.74) is 3.62. The maximum Gasteiger partial charge on any atom is 0.241 e. The summed E-state index contributed by atoms with van der Waals surface area (Å²) < 4.78 is 28.2. The third-order valence-electron chi connectivity index (χ3n) is 4.68. The van der Waals surface area contributed by atoms with Crippen LogP contribution in [0.25, 0.3) is 16.8 Å². The zero-order chi connectivity index (χ0) is 21.7. The van der Waals surface area contributed by atoms with E-state index in [1.165, 1.54) is 13.8 Å². The fourth-order valence-electron chi connectivity index (χ4n) is 2.94. The van der Waals surface area contributed by atoms with Crippen molar-refractivity contribution in [3.8, 4) is 11.3 Å². The SMILES string of the molecule is CCC(C)=Nc1ccc(-c2ccn3nc(NCC(C)(C)F)ncc23)nc1CCCF. The first-order chi connectivity index (χ1) is 14.3. The molecule has 3 aromatic rings. The molecule has 0 saturated carbocycles. The third-order valence-corrected chi connectivity index (χ3v) is 4.68. The molecule has 0 aliphatic rings. The standard InChI is InChI=1S/C22H28F2N6/c1-5-15(2)27-19-9-8-17(28-18(19)7-6-11-23)16-10-12-30-20(16)13-25-21(29-30)26-14-22(3,4)24/h8-10,12-13H,5-7,11,14H2,1-4H3,(H,26,29). The maximum atomic E-state index is 13.7. The zero-order valence-electron chi connectivity index (χ0n) is 17.9. The van der Waals surface area contributed by atoms with Crippen molar-refractivity contribution in [2.75, 3.05) is 18.5 Å². The summed E-state index contributed by atoms with van der Waals surface area (Å²) in [6.07, 6.45) is 5.28. The molecule has 30 heavy (non-hydrogen) atoms. The fourth-order valence-corrected chi connectivity index (χ4v) is 2.94. The monoisotopic (exact) mass is 414 g/mol. The molecule has 1 N–H and O–H groups in total. The molecule has 8 heteroatoms. The van der Waals surface area contributed by atoms with Gasteiger partial charge < -0.3 is 5.32 Å². The molecule has 0 fully saturated rings. The predicted octanol–water partition coefficient (Wildman–Crippen LogP) is 5.36. The summed E-state index contributed by atoms with van der Waals surface area (Å²) in [5.74, 6) is 0.353. The molecule has 0 saturated heterocycles. The van der Waals surface area contributed by atoms with E-state index in [9.17, 15) is 8.78 Å². The van der Waals surface area contributed by atoms with Crippen molar-refractivity contribution in [3.63, 3.8) is 0 Å². The van der Waals surface area contributed by atoms with Crippen LogP contribution in [0.5, 0.6) is 0 Å². The fraction of sp³-hybridized carbons (Fsp3) is 0.455. The van der Waals surface area contributed by atoms with Crippen molar-refractivity contribution >= 4 is 22.9 Å². The first-order valence-corrected chi connectivity index (χ1v) is 10.2. The second kappa shape index (κ2) is 9.28. The quantitative estimate of drug-likeness (QED) is 0.479. The minimum absolute atomic E-state index is 0.116. The van der Waals surface area contributed by atoms with Crippen LogP contribution in [-0.4, -0.2) is 44.2 Å². The number of fused-ring (bicyclic) bond motifs is 1. The van der Waals surface area contributed by atoms with Crippen LogP contribution in [0.1, 0.15) is 46.2 Å². The van der Waals surface area contributed by atoms with Gasteiger partial charge in [-0.3, -0.25) is 14.4 Å². The number of halogens is 2. The molecule has 160 valence electrons. The molecule has 0 bridgehead atoms. The third kappa shape index (κ3) is 5.37. The van der Waals surface area contributed by atoms with Gasteiger partial charge in [0.2, 0.25) is 5.95 Å². The summed E-state index contributed by atoms with van der Waals surface area (Å²) >= 11 is 0.